The molecule has 24 heavy (non-hydrogen) atoms. The van der Waals surface area contributed by atoms with E-state index < -0.39 is 29.7 Å². The van der Waals surface area contributed by atoms with Crippen molar-refractivity contribution in [1.29, 1.82) is 0 Å². The van der Waals surface area contributed by atoms with Gasteiger partial charge in [0.15, 0.2) is 0 Å². The third kappa shape index (κ3) is 3.13. The maximum absolute atomic E-state index is 12.8. The lowest BCUT2D eigenvalue weighted by atomic mass is 9.96. The summed E-state index contributed by atoms with van der Waals surface area (Å²) in [6, 6.07) is 7.88. The summed E-state index contributed by atoms with van der Waals surface area (Å²) in [6.45, 7) is 5.93. The summed E-state index contributed by atoms with van der Waals surface area (Å²) in [5.41, 5.74) is 0.553. The van der Waals surface area contributed by atoms with E-state index in [1.165, 1.54) is 19.9 Å². The van der Waals surface area contributed by atoms with Crippen molar-refractivity contribution >= 4 is 29.7 Å². The molecule has 0 unspecified atom stereocenters. The molecule has 6 heteroatoms. The van der Waals surface area contributed by atoms with Crippen LogP contribution in [-0.4, -0.2) is 39.5 Å². The SMILES string of the molecule is CC(=O)N1C(=O)[C@H](C(C)C)N(C(C)=O)C(=O)/C1=C/c1ccccc1. The number of rotatable bonds is 2. The molecule has 0 aromatic heterocycles. The van der Waals surface area contributed by atoms with Gasteiger partial charge in [0.25, 0.3) is 11.8 Å². The summed E-state index contributed by atoms with van der Waals surface area (Å²) in [7, 11) is 0. The molecule has 1 fully saturated rings. The van der Waals surface area contributed by atoms with Gasteiger partial charge >= 0.3 is 0 Å². The molecule has 0 aliphatic carbocycles. The van der Waals surface area contributed by atoms with Crippen molar-refractivity contribution < 1.29 is 19.2 Å². The number of imide groups is 2. The van der Waals surface area contributed by atoms with Crippen molar-refractivity contribution in [2.75, 3.05) is 0 Å². The molecular formula is C18H20N2O4. The van der Waals surface area contributed by atoms with Crippen LogP contribution in [0.5, 0.6) is 0 Å². The number of piperazine rings is 1. The lowest BCUT2D eigenvalue weighted by Gasteiger charge is -2.40. The molecular weight excluding hydrogens is 308 g/mol. The molecule has 0 spiro atoms. The highest BCUT2D eigenvalue weighted by atomic mass is 16.2. The van der Waals surface area contributed by atoms with Crippen LogP contribution in [0.2, 0.25) is 0 Å². The van der Waals surface area contributed by atoms with Crippen molar-refractivity contribution in [3.63, 3.8) is 0 Å². The van der Waals surface area contributed by atoms with Gasteiger partial charge in [0.2, 0.25) is 11.8 Å². The zero-order valence-electron chi connectivity index (χ0n) is 14.1. The van der Waals surface area contributed by atoms with Gasteiger partial charge in [0.05, 0.1) is 0 Å². The molecule has 0 saturated carbocycles. The monoisotopic (exact) mass is 328 g/mol. The first-order chi connectivity index (χ1) is 11.3. The van der Waals surface area contributed by atoms with E-state index >= 15 is 0 Å². The van der Waals surface area contributed by atoms with Crippen LogP contribution in [-0.2, 0) is 19.2 Å². The van der Waals surface area contributed by atoms with Crippen LogP contribution >= 0.6 is 0 Å². The smallest absolute Gasteiger partial charge is 0.275 e. The summed E-state index contributed by atoms with van der Waals surface area (Å²) in [6.07, 6.45) is 1.45. The minimum Gasteiger partial charge on any atom is -0.275 e. The Bertz CT molecular complexity index is 722. The molecule has 0 N–H and O–H groups in total. The Morgan fingerprint density at radius 3 is 2.08 bits per heavy atom. The summed E-state index contributed by atoms with van der Waals surface area (Å²) in [4.78, 5) is 51.4. The van der Waals surface area contributed by atoms with Gasteiger partial charge in [-0.1, -0.05) is 44.2 Å². The Labute approximate surface area is 140 Å². The minimum atomic E-state index is -0.980. The van der Waals surface area contributed by atoms with Gasteiger partial charge in [-0.3, -0.25) is 24.1 Å². The van der Waals surface area contributed by atoms with Crippen LogP contribution in [0.3, 0.4) is 0 Å². The molecule has 1 heterocycles. The van der Waals surface area contributed by atoms with Crippen molar-refractivity contribution in [3.05, 3.63) is 41.6 Å². The van der Waals surface area contributed by atoms with Crippen molar-refractivity contribution in [2.24, 2.45) is 5.92 Å². The number of amides is 4. The third-order valence-electron chi connectivity index (χ3n) is 3.82. The van der Waals surface area contributed by atoms with Gasteiger partial charge in [0, 0.05) is 13.8 Å². The molecule has 1 aromatic carbocycles. The number of hydrogen-bond donors (Lipinski definition) is 0. The van der Waals surface area contributed by atoms with E-state index in [0.717, 1.165) is 9.80 Å². The maximum Gasteiger partial charge on any atom is 0.278 e. The normalized spacial score (nSPS) is 20.0. The number of carbonyl (C=O) groups is 4. The second kappa shape index (κ2) is 6.78. The van der Waals surface area contributed by atoms with Gasteiger partial charge < -0.3 is 0 Å². The van der Waals surface area contributed by atoms with Crippen LogP contribution in [0.4, 0.5) is 0 Å². The predicted octanol–water partition coefficient (Wildman–Crippen LogP) is 1.82. The van der Waals surface area contributed by atoms with Gasteiger partial charge in [-0.15, -0.1) is 0 Å². The molecule has 1 saturated heterocycles. The van der Waals surface area contributed by atoms with Crippen molar-refractivity contribution in [3.8, 4) is 0 Å². The van der Waals surface area contributed by atoms with Crippen LogP contribution < -0.4 is 0 Å². The summed E-state index contributed by atoms with van der Waals surface area (Å²) >= 11 is 0. The first kappa shape index (κ1) is 17.6. The van der Waals surface area contributed by atoms with Gasteiger partial charge in [-0.05, 0) is 17.6 Å². The second-order valence-corrected chi connectivity index (χ2v) is 6.02. The highest BCUT2D eigenvalue weighted by molar-refractivity contribution is 6.18. The Balaban J connectivity index is 2.62. The number of nitrogens with zero attached hydrogens (tertiary/aromatic N) is 2. The van der Waals surface area contributed by atoms with Crippen LogP contribution in [0.15, 0.2) is 36.0 Å². The average molecular weight is 328 g/mol. The quantitative estimate of drug-likeness (QED) is 0.776. The fraction of sp³-hybridized carbons (Fsp3) is 0.333. The predicted molar refractivity (Wildman–Crippen MR) is 88.1 cm³/mol. The Morgan fingerprint density at radius 2 is 1.62 bits per heavy atom. The number of hydrogen-bond acceptors (Lipinski definition) is 4. The summed E-state index contributed by atoms with van der Waals surface area (Å²) in [5, 5.41) is 0. The van der Waals surface area contributed by atoms with E-state index in [9.17, 15) is 19.2 Å². The lowest BCUT2D eigenvalue weighted by molar-refractivity contribution is -0.163. The first-order valence-corrected chi connectivity index (χ1v) is 7.71. The zero-order chi connectivity index (χ0) is 18.0. The third-order valence-corrected chi connectivity index (χ3v) is 3.82. The Kier molecular flexibility index (Phi) is 4.97. The maximum atomic E-state index is 12.8. The molecule has 0 radical (unpaired) electrons. The molecule has 1 aliphatic heterocycles. The minimum absolute atomic E-state index is 0.106. The summed E-state index contributed by atoms with van der Waals surface area (Å²) in [5.74, 6) is -2.57. The molecule has 4 amide bonds. The van der Waals surface area contributed by atoms with Crippen LogP contribution in [0.25, 0.3) is 6.08 Å². The topological polar surface area (TPSA) is 74.8 Å². The van der Waals surface area contributed by atoms with E-state index in [-0.39, 0.29) is 11.6 Å². The van der Waals surface area contributed by atoms with Gasteiger partial charge in [-0.2, -0.15) is 0 Å². The summed E-state index contributed by atoms with van der Waals surface area (Å²) < 4.78 is 0. The zero-order valence-corrected chi connectivity index (χ0v) is 14.1. The Morgan fingerprint density at radius 1 is 1.04 bits per heavy atom. The largest absolute Gasteiger partial charge is 0.278 e. The van der Waals surface area contributed by atoms with E-state index in [4.69, 9.17) is 0 Å². The van der Waals surface area contributed by atoms with Crippen LogP contribution in [0, 0.1) is 5.92 Å². The standard InChI is InChI=1S/C18H20N2O4/c1-11(2)16-18(24)19(12(3)21)15(17(23)20(16)13(4)22)10-14-8-6-5-7-9-14/h5-11,16H,1-4H3/b15-10-/t16-/m0/s1. The first-order valence-electron chi connectivity index (χ1n) is 7.71. The number of benzene rings is 1. The van der Waals surface area contributed by atoms with Crippen LogP contribution in [0.1, 0.15) is 33.3 Å². The van der Waals surface area contributed by atoms with E-state index in [1.807, 2.05) is 6.07 Å². The van der Waals surface area contributed by atoms with E-state index in [1.54, 1.807) is 38.1 Å². The van der Waals surface area contributed by atoms with E-state index in [0.29, 0.717) is 5.56 Å². The average Bonchev–Trinajstić information content (AvgIpc) is 2.50. The van der Waals surface area contributed by atoms with Gasteiger partial charge in [-0.25, -0.2) is 4.90 Å². The van der Waals surface area contributed by atoms with Gasteiger partial charge in [0.1, 0.15) is 11.7 Å². The van der Waals surface area contributed by atoms with Crippen molar-refractivity contribution in [1.82, 2.24) is 9.80 Å². The highest BCUT2D eigenvalue weighted by Gasteiger charge is 2.47. The molecule has 1 aromatic rings. The van der Waals surface area contributed by atoms with Crippen molar-refractivity contribution in [2.45, 2.75) is 33.7 Å². The Hall–Kier alpha value is -2.76. The molecule has 126 valence electrons. The highest BCUT2D eigenvalue weighted by Crippen LogP contribution is 2.27. The number of carbonyl (C=O) groups excluding carboxylic acids is 4. The molecule has 6 nitrogen and oxygen atoms in total. The van der Waals surface area contributed by atoms with E-state index in [2.05, 4.69) is 0 Å². The molecule has 0 bridgehead atoms. The molecule has 1 atom stereocenters. The molecule has 2 rings (SSSR count). The molecule has 1 aliphatic rings. The fourth-order valence-corrected chi connectivity index (χ4v) is 2.79. The fourth-order valence-electron chi connectivity index (χ4n) is 2.79. The second-order valence-electron chi connectivity index (χ2n) is 6.02. The lowest BCUT2D eigenvalue weighted by Crippen LogP contribution is -2.62.